The molecule has 0 spiro atoms. The van der Waals surface area contributed by atoms with Crippen LogP contribution in [0.4, 0.5) is 4.79 Å². The van der Waals surface area contributed by atoms with Gasteiger partial charge in [-0.25, -0.2) is 4.79 Å². The molecule has 7 heteroatoms. The van der Waals surface area contributed by atoms with E-state index in [0.29, 0.717) is 31.8 Å². The smallest absolute Gasteiger partial charge is 0.321 e. The Kier molecular flexibility index (Phi) is 6.38. The summed E-state index contributed by atoms with van der Waals surface area (Å²) in [6.45, 7) is 3.62. The van der Waals surface area contributed by atoms with Crippen molar-refractivity contribution < 1.29 is 14.4 Å². The molecule has 1 saturated carbocycles. The lowest BCUT2D eigenvalue weighted by molar-refractivity contribution is -0.123. The fourth-order valence-corrected chi connectivity index (χ4v) is 3.48. The van der Waals surface area contributed by atoms with Crippen LogP contribution >= 0.6 is 0 Å². The number of likely N-dealkylation sites (tertiary alicyclic amines) is 1. The molecule has 0 unspecified atom stereocenters. The van der Waals surface area contributed by atoms with E-state index in [2.05, 4.69) is 17.6 Å². The first-order valence-corrected chi connectivity index (χ1v) is 8.57. The number of piperidine rings is 1. The highest BCUT2D eigenvalue weighted by molar-refractivity contribution is 5.95. The van der Waals surface area contributed by atoms with E-state index >= 15 is 0 Å². The van der Waals surface area contributed by atoms with E-state index in [1.165, 1.54) is 6.42 Å². The third-order valence-corrected chi connectivity index (χ3v) is 5.04. The molecule has 2 aliphatic rings. The summed E-state index contributed by atoms with van der Waals surface area (Å²) in [4.78, 5) is 36.9. The van der Waals surface area contributed by atoms with E-state index in [1.54, 1.807) is 0 Å². The van der Waals surface area contributed by atoms with Crippen LogP contribution in [0, 0.1) is 11.8 Å². The minimum atomic E-state index is -0.402. The number of amides is 4. The third-order valence-electron chi connectivity index (χ3n) is 5.04. The standard InChI is InChI=1S/C16H28N4O3/c1-11-4-2-3-5-13(11)18-16(23)19-14(21)10-20-8-6-12(7-9-20)15(17)22/h11-13H,2-10H2,1H3,(H2,17,22)(H2,18,19,21,23)/t11-,13-/m0/s1. The number of nitrogens with zero attached hydrogens (tertiary/aromatic N) is 1. The molecule has 1 saturated heterocycles. The van der Waals surface area contributed by atoms with Crippen molar-refractivity contribution in [2.24, 2.45) is 17.6 Å². The number of primary amides is 1. The van der Waals surface area contributed by atoms with Gasteiger partial charge in [0.1, 0.15) is 0 Å². The Morgan fingerprint density at radius 1 is 1.09 bits per heavy atom. The maximum Gasteiger partial charge on any atom is 0.321 e. The van der Waals surface area contributed by atoms with Gasteiger partial charge in [-0.05, 0) is 44.7 Å². The van der Waals surface area contributed by atoms with E-state index in [-0.39, 0.29) is 30.3 Å². The molecule has 23 heavy (non-hydrogen) atoms. The Hall–Kier alpha value is -1.63. The quantitative estimate of drug-likeness (QED) is 0.704. The van der Waals surface area contributed by atoms with Crippen LogP contribution in [-0.4, -0.2) is 48.4 Å². The lowest BCUT2D eigenvalue weighted by Crippen LogP contribution is -2.50. The Bertz CT molecular complexity index is 447. The molecule has 2 fully saturated rings. The van der Waals surface area contributed by atoms with Gasteiger partial charge in [0.15, 0.2) is 0 Å². The molecule has 1 aliphatic carbocycles. The van der Waals surface area contributed by atoms with Crippen LogP contribution in [-0.2, 0) is 9.59 Å². The van der Waals surface area contributed by atoms with E-state index < -0.39 is 6.03 Å². The van der Waals surface area contributed by atoms with Crippen molar-refractivity contribution in [3.8, 4) is 0 Å². The molecule has 2 atom stereocenters. The summed E-state index contributed by atoms with van der Waals surface area (Å²) in [7, 11) is 0. The number of imide groups is 1. The first kappa shape index (κ1) is 17.7. The molecule has 0 aromatic rings. The second kappa shape index (κ2) is 8.29. The molecule has 0 radical (unpaired) electrons. The van der Waals surface area contributed by atoms with Crippen LogP contribution in [0.15, 0.2) is 0 Å². The highest BCUT2D eigenvalue weighted by Crippen LogP contribution is 2.23. The molecule has 0 aromatic heterocycles. The number of hydrogen-bond donors (Lipinski definition) is 3. The average Bonchev–Trinajstić information content (AvgIpc) is 2.50. The van der Waals surface area contributed by atoms with Crippen molar-refractivity contribution in [2.45, 2.75) is 51.5 Å². The van der Waals surface area contributed by atoms with E-state index in [9.17, 15) is 14.4 Å². The van der Waals surface area contributed by atoms with Crippen LogP contribution in [0.2, 0.25) is 0 Å². The largest absolute Gasteiger partial charge is 0.369 e. The maximum absolute atomic E-state index is 12.0. The Labute approximate surface area is 137 Å². The van der Waals surface area contributed by atoms with Gasteiger partial charge in [-0.2, -0.15) is 0 Å². The lowest BCUT2D eigenvalue weighted by atomic mass is 9.86. The molecule has 0 bridgehead atoms. The van der Waals surface area contributed by atoms with Gasteiger partial charge in [-0.3, -0.25) is 19.8 Å². The summed E-state index contributed by atoms with van der Waals surface area (Å²) < 4.78 is 0. The van der Waals surface area contributed by atoms with Gasteiger partial charge >= 0.3 is 6.03 Å². The van der Waals surface area contributed by atoms with Crippen LogP contribution in [0.25, 0.3) is 0 Å². The van der Waals surface area contributed by atoms with Gasteiger partial charge in [0, 0.05) is 12.0 Å². The van der Waals surface area contributed by atoms with Crippen molar-refractivity contribution >= 4 is 17.8 Å². The van der Waals surface area contributed by atoms with E-state index in [4.69, 9.17) is 5.73 Å². The molecule has 1 heterocycles. The third kappa shape index (κ3) is 5.49. The molecular weight excluding hydrogens is 296 g/mol. The molecule has 0 aromatic carbocycles. The van der Waals surface area contributed by atoms with Crippen molar-refractivity contribution in [1.82, 2.24) is 15.5 Å². The van der Waals surface area contributed by atoms with Gasteiger partial charge in [0.25, 0.3) is 0 Å². The van der Waals surface area contributed by atoms with Crippen LogP contribution in [0.3, 0.4) is 0 Å². The zero-order chi connectivity index (χ0) is 16.8. The Morgan fingerprint density at radius 2 is 1.74 bits per heavy atom. The van der Waals surface area contributed by atoms with Crippen molar-refractivity contribution in [3.05, 3.63) is 0 Å². The van der Waals surface area contributed by atoms with Crippen LogP contribution in [0.5, 0.6) is 0 Å². The molecule has 4 N–H and O–H groups in total. The van der Waals surface area contributed by atoms with E-state index in [0.717, 1.165) is 19.3 Å². The zero-order valence-corrected chi connectivity index (χ0v) is 13.8. The van der Waals surface area contributed by atoms with E-state index in [1.807, 2.05) is 4.90 Å². The molecule has 1 aliphatic heterocycles. The summed E-state index contributed by atoms with van der Waals surface area (Å²) >= 11 is 0. The molecule has 2 rings (SSSR count). The number of nitrogens with one attached hydrogen (secondary N) is 2. The lowest BCUT2D eigenvalue weighted by Gasteiger charge is -2.30. The average molecular weight is 324 g/mol. The summed E-state index contributed by atoms with van der Waals surface area (Å²) in [5, 5.41) is 5.31. The number of carbonyl (C=O) groups is 3. The highest BCUT2D eigenvalue weighted by Gasteiger charge is 2.26. The first-order chi connectivity index (χ1) is 11.0. The predicted molar refractivity (Wildman–Crippen MR) is 86.5 cm³/mol. The minimum Gasteiger partial charge on any atom is -0.369 e. The summed E-state index contributed by atoms with van der Waals surface area (Å²) in [5.41, 5.74) is 5.29. The number of carbonyl (C=O) groups excluding carboxylic acids is 3. The zero-order valence-electron chi connectivity index (χ0n) is 13.8. The summed E-state index contributed by atoms with van der Waals surface area (Å²) in [5.74, 6) is -0.207. The Balaban J connectivity index is 1.68. The second-order valence-electron chi connectivity index (χ2n) is 6.84. The predicted octanol–water partition coefficient (Wildman–Crippen LogP) is 0.588. The normalized spacial score (nSPS) is 26.5. The summed E-state index contributed by atoms with van der Waals surface area (Å²) in [6, 6.07) is -0.247. The molecular formula is C16H28N4O3. The van der Waals surface area contributed by atoms with Gasteiger partial charge in [0.2, 0.25) is 11.8 Å². The van der Waals surface area contributed by atoms with Crippen molar-refractivity contribution in [1.29, 1.82) is 0 Å². The van der Waals surface area contributed by atoms with Crippen molar-refractivity contribution in [2.75, 3.05) is 19.6 Å². The Morgan fingerprint density at radius 3 is 2.35 bits per heavy atom. The van der Waals surface area contributed by atoms with Crippen molar-refractivity contribution in [3.63, 3.8) is 0 Å². The monoisotopic (exact) mass is 324 g/mol. The van der Waals surface area contributed by atoms with Gasteiger partial charge in [-0.15, -0.1) is 0 Å². The number of nitrogens with two attached hydrogens (primary N) is 1. The number of hydrogen-bond acceptors (Lipinski definition) is 4. The molecule has 4 amide bonds. The van der Waals surface area contributed by atoms with Crippen LogP contribution in [0.1, 0.15) is 45.4 Å². The van der Waals surface area contributed by atoms with Crippen LogP contribution < -0.4 is 16.4 Å². The first-order valence-electron chi connectivity index (χ1n) is 8.57. The maximum atomic E-state index is 12.0. The highest BCUT2D eigenvalue weighted by atomic mass is 16.2. The molecule has 7 nitrogen and oxygen atoms in total. The van der Waals surface area contributed by atoms with Gasteiger partial charge in [-0.1, -0.05) is 19.8 Å². The number of urea groups is 1. The summed E-state index contributed by atoms with van der Waals surface area (Å²) in [6.07, 6.45) is 5.78. The van der Waals surface area contributed by atoms with Gasteiger partial charge in [0.05, 0.1) is 6.54 Å². The fraction of sp³-hybridized carbons (Fsp3) is 0.812. The molecule has 130 valence electrons. The fourth-order valence-electron chi connectivity index (χ4n) is 3.48. The number of rotatable bonds is 4. The topological polar surface area (TPSA) is 105 Å². The van der Waals surface area contributed by atoms with Gasteiger partial charge < -0.3 is 11.1 Å². The minimum absolute atomic E-state index is 0.0922. The SMILES string of the molecule is C[C@H]1CCCC[C@@H]1NC(=O)NC(=O)CN1CCC(C(N)=O)CC1. The second-order valence-corrected chi connectivity index (χ2v) is 6.84.